The number of benzene rings is 2. The third-order valence-electron chi connectivity index (χ3n) is 6.51. The molecule has 0 bridgehead atoms. The van der Waals surface area contributed by atoms with Crippen molar-refractivity contribution in [2.45, 2.75) is 25.7 Å². The number of carbonyl (C=O) groups excluding carboxylic acids is 2. The van der Waals surface area contributed by atoms with Crippen molar-refractivity contribution < 1.29 is 9.59 Å². The molecule has 0 aliphatic carbocycles. The van der Waals surface area contributed by atoms with Crippen molar-refractivity contribution in [3.63, 3.8) is 0 Å². The van der Waals surface area contributed by atoms with Crippen molar-refractivity contribution in [3.8, 4) is 0 Å². The van der Waals surface area contributed by atoms with E-state index in [4.69, 9.17) is 23.2 Å². The average Bonchev–Trinajstić information content (AvgIpc) is 2.86. The van der Waals surface area contributed by atoms with Crippen molar-refractivity contribution in [2.24, 2.45) is 0 Å². The minimum atomic E-state index is -0.0863. The number of hydrogen-bond donors (Lipinski definition) is 1. The fourth-order valence-corrected chi connectivity index (χ4v) is 4.84. The Morgan fingerprint density at radius 1 is 0.917 bits per heavy atom. The molecule has 1 amide bonds. The molecule has 0 aromatic heterocycles. The van der Waals surface area contributed by atoms with Gasteiger partial charge in [0.05, 0.1) is 6.42 Å². The number of carbonyl (C=O) groups is 2. The van der Waals surface area contributed by atoms with Gasteiger partial charge in [0.1, 0.15) is 5.78 Å². The minimum absolute atomic E-state index is 0.0863. The number of nitrogens with zero attached hydrogens (tertiary/aromatic N) is 3. The second-order valence-electron chi connectivity index (χ2n) is 9.42. The number of hydrogen-bond acceptors (Lipinski definition) is 5. The number of ketones is 1. The first-order chi connectivity index (χ1) is 17.5. The van der Waals surface area contributed by atoms with E-state index in [1.165, 1.54) is 0 Å². The molecule has 0 saturated carbocycles. The highest BCUT2D eigenvalue weighted by Gasteiger charge is 2.14. The number of likely N-dealkylation sites (N-methyl/N-ethyl adjacent to an activating group) is 1. The molecule has 0 atom stereocenters. The Bertz CT molecular complexity index is 956. The summed E-state index contributed by atoms with van der Waals surface area (Å²) in [5.41, 5.74) is 3.62. The first kappa shape index (κ1) is 28.5. The van der Waals surface area contributed by atoms with E-state index in [9.17, 15) is 9.59 Å². The molecule has 0 spiro atoms. The van der Waals surface area contributed by atoms with Gasteiger partial charge in [0.15, 0.2) is 0 Å². The summed E-state index contributed by atoms with van der Waals surface area (Å²) < 4.78 is 0. The first-order valence-corrected chi connectivity index (χ1v) is 13.8. The van der Waals surface area contributed by atoms with Gasteiger partial charge in [0.25, 0.3) is 0 Å². The fourth-order valence-electron chi connectivity index (χ4n) is 4.44. The van der Waals surface area contributed by atoms with Gasteiger partial charge in [0.2, 0.25) is 5.91 Å². The Morgan fingerprint density at radius 3 is 2.28 bits per heavy atom. The highest BCUT2D eigenvalue weighted by atomic mass is 35.5. The second-order valence-corrected chi connectivity index (χ2v) is 10.2. The summed E-state index contributed by atoms with van der Waals surface area (Å²) in [6, 6.07) is 15.5. The van der Waals surface area contributed by atoms with E-state index in [1.54, 1.807) is 0 Å². The molecule has 1 saturated heterocycles. The van der Waals surface area contributed by atoms with E-state index < -0.39 is 0 Å². The van der Waals surface area contributed by atoms with E-state index in [0.29, 0.717) is 24.6 Å². The Labute approximate surface area is 225 Å². The van der Waals surface area contributed by atoms with Crippen LogP contribution >= 0.6 is 23.2 Å². The topological polar surface area (TPSA) is 55.9 Å². The quantitative estimate of drug-likeness (QED) is 0.368. The molecule has 1 aliphatic rings. The van der Waals surface area contributed by atoms with E-state index in [-0.39, 0.29) is 18.1 Å². The summed E-state index contributed by atoms with van der Waals surface area (Å²) in [6.07, 6.45) is 2.16. The Hall–Kier alpha value is -2.12. The smallest absolute Gasteiger partial charge is 0.228 e. The van der Waals surface area contributed by atoms with Crippen LogP contribution in [0.3, 0.4) is 0 Å². The van der Waals surface area contributed by atoms with Crippen LogP contribution in [0, 0.1) is 0 Å². The number of amides is 1. The molecule has 3 rings (SSSR count). The average molecular weight is 534 g/mol. The number of halogens is 2. The number of alkyl halides is 2. The lowest BCUT2D eigenvalue weighted by atomic mass is 10.0. The Balaban J connectivity index is 1.44. The van der Waals surface area contributed by atoms with Crippen LogP contribution in [0.1, 0.15) is 24.0 Å². The van der Waals surface area contributed by atoms with E-state index in [2.05, 4.69) is 27.1 Å². The molecule has 6 nitrogen and oxygen atoms in total. The van der Waals surface area contributed by atoms with E-state index in [0.717, 1.165) is 74.7 Å². The molecule has 0 radical (unpaired) electrons. The van der Waals surface area contributed by atoms with Crippen molar-refractivity contribution in [2.75, 3.05) is 74.8 Å². The van der Waals surface area contributed by atoms with Crippen LogP contribution in [0.25, 0.3) is 0 Å². The van der Waals surface area contributed by atoms with Gasteiger partial charge in [-0.15, -0.1) is 23.2 Å². The summed E-state index contributed by atoms with van der Waals surface area (Å²) in [4.78, 5) is 32.0. The summed E-state index contributed by atoms with van der Waals surface area (Å²) >= 11 is 11.8. The summed E-state index contributed by atoms with van der Waals surface area (Å²) in [5, 5.41) is 2.97. The van der Waals surface area contributed by atoms with Gasteiger partial charge in [0, 0.05) is 75.2 Å². The highest BCUT2D eigenvalue weighted by Crippen LogP contribution is 2.17. The van der Waals surface area contributed by atoms with Gasteiger partial charge in [-0.1, -0.05) is 24.3 Å². The maximum atomic E-state index is 12.6. The van der Waals surface area contributed by atoms with Crippen molar-refractivity contribution in [3.05, 3.63) is 59.7 Å². The fraction of sp³-hybridized carbons (Fsp3) is 0.500. The maximum absolute atomic E-state index is 12.6. The molecule has 8 heteroatoms. The molecule has 2 aromatic rings. The maximum Gasteiger partial charge on any atom is 0.228 e. The number of nitrogens with one attached hydrogen (secondary N) is 1. The zero-order valence-electron chi connectivity index (χ0n) is 21.2. The number of piperazine rings is 1. The van der Waals surface area contributed by atoms with Crippen LogP contribution in [0.4, 0.5) is 11.4 Å². The van der Waals surface area contributed by atoms with Crippen LogP contribution in [0.2, 0.25) is 0 Å². The zero-order valence-corrected chi connectivity index (χ0v) is 22.7. The predicted molar refractivity (Wildman–Crippen MR) is 151 cm³/mol. The van der Waals surface area contributed by atoms with Gasteiger partial charge in [-0.2, -0.15) is 0 Å². The van der Waals surface area contributed by atoms with Gasteiger partial charge < -0.3 is 20.0 Å². The molecule has 36 heavy (non-hydrogen) atoms. The molecule has 1 fully saturated rings. The van der Waals surface area contributed by atoms with Gasteiger partial charge in [-0.05, 0) is 55.4 Å². The monoisotopic (exact) mass is 532 g/mol. The largest absolute Gasteiger partial charge is 0.369 e. The summed E-state index contributed by atoms with van der Waals surface area (Å²) in [6.45, 7) is 6.79. The van der Waals surface area contributed by atoms with Crippen LogP contribution in [0.5, 0.6) is 0 Å². The summed E-state index contributed by atoms with van der Waals surface area (Å²) in [5.74, 6) is 1.21. The standard InChI is InChI=1S/C28H38Cl2N4O2/c1-32-16-18-33(19-17-32)13-3-6-27(35)21-24-4-2-5-25(20-24)31-28(36)22-23-7-9-26(10-8-23)34(14-11-29)15-12-30/h2,4-5,7-10,20H,3,6,11-19,21-22H2,1H3,(H,31,36). The molecule has 0 unspecified atom stereocenters. The van der Waals surface area contributed by atoms with E-state index in [1.807, 2.05) is 48.5 Å². The lowest BCUT2D eigenvalue weighted by molar-refractivity contribution is -0.118. The normalized spacial score (nSPS) is 14.5. The third kappa shape index (κ3) is 9.74. The third-order valence-corrected chi connectivity index (χ3v) is 6.85. The molecule has 2 aromatic carbocycles. The number of Topliss-reactive ketones (excluding diaryl/α,β-unsaturated/α-hetero) is 1. The molecule has 1 heterocycles. The Kier molecular flexibility index (Phi) is 12.0. The van der Waals surface area contributed by atoms with Crippen molar-refractivity contribution in [1.29, 1.82) is 0 Å². The second kappa shape index (κ2) is 15.2. The minimum Gasteiger partial charge on any atom is -0.369 e. The Morgan fingerprint density at radius 2 is 1.61 bits per heavy atom. The van der Waals surface area contributed by atoms with Crippen LogP contribution in [-0.4, -0.2) is 86.1 Å². The molecule has 196 valence electrons. The van der Waals surface area contributed by atoms with Gasteiger partial charge in [-0.3, -0.25) is 9.59 Å². The zero-order chi connectivity index (χ0) is 25.8. The molecular weight excluding hydrogens is 495 g/mol. The number of rotatable bonds is 14. The molecule has 1 N–H and O–H groups in total. The lowest BCUT2D eigenvalue weighted by Crippen LogP contribution is -2.44. The lowest BCUT2D eigenvalue weighted by Gasteiger charge is -2.32. The SMILES string of the molecule is CN1CCN(CCCC(=O)Cc2cccc(NC(=O)Cc3ccc(N(CCCl)CCCl)cc3)c2)CC1. The van der Waals surface area contributed by atoms with Crippen LogP contribution in [-0.2, 0) is 22.4 Å². The number of anilines is 2. The van der Waals surface area contributed by atoms with E-state index >= 15 is 0 Å². The first-order valence-electron chi connectivity index (χ1n) is 12.7. The van der Waals surface area contributed by atoms with Crippen molar-refractivity contribution >= 4 is 46.3 Å². The van der Waals surface area contributed by atoms with Gasteiger partial charge in [-0.25, -0.2) is 0 Å². The predicted octanol–water partition coefficient (Wildman–Crippen LogP) is 4.29. The van der Waals surface area contributed by atoms with Crippen LogP contribution in [0.15, 0.2) is 48.5 Å². The van der Waals surface area contributed by atoms with Gasteiger partial charge >= 0.3 is 0 Å². The molecular formula is C28H38Cl2N4O2. The van der Waals surface area contributed by atoms with Crippen LogP contribution < -0.4 is 10.2 Å². The van der Waals surface area contributed by atoms with Crippen molar-refractivity contribution in [1.82, 2.24) is 9.80 Å². The summed E-state index contributed by atoms with van der Waals surface area (Å²) in [7, 11) is 2.15. The molecule has 1 aliphatic heterocycles. The highest BCUT2D eigenvalue weighted by molar-refractivity contribution is 6.18.